The highest BCUT2D eigenvalue weighted by molar-refractivity contribution is 6.30. The topological polar surface area (TPSA) is 12.0 Å². The summed E-state index contributed by atoms with van der Waals surface area (Å²) in [6.45, 7) is 5.50. The van der Waals surface area contributed by atoms with Crippen molar-refractivity contribution in [3.05, 3.63) is 34.6 Å². The standard InChI is InChI=1S/C17H25ClFN/c1-3-9-20-17(15-6-4-5-12(15)2)10-13-7-8-14(18)11-16(13)19/h7-8,11-12,15,17,20H,3-6,9-10H2,1-2H3. The van der Waals surface area contributed by atoms with E-state index in [1.165, 1.54) is 25.3 Å². The molecule has 0 heterocycles. The van der Waals surface area contributed by atoms with E-state index < -0.39 is 0 Å². The molecule has 1 aromatic rings. The van der Waals surface area contributed by atoms with Crippen LogP contribution in [-0.4, -0.2) is 12.6 Å². The fraction of sp³-hybridized carbons (Fsp3) is 0.647. The first-order valence-corrected chi connectivity index (χ1v) is 8.17. The lowest BCUT2D eigenvalue weighted by atomic mass is 9.86. The van der Waals surface area contributed by atoms with Gasteiger partial charge in [0.25, 0.3) is 0 Å². The molecule has 0 aromatic heterocycles. The van der Waals surface area contributed by atoms with Gasteiger partial charge in [0.05, 0.1) is 0 Å². The summed E-state index contributed by atoms with van der Waals surface area (Å²) in [7, 11) is 0. The monoisotopic (exact) mass is 297 g/mol. The summed E-state index contributed by atoms with van der Waals surface area (Å²) in [5.41, 5.74) is 0.780. The molecular formula is C17H25ClFN. The number of hydrogen-bond acceptors (Lipinski definition) is 1. The summed E-state index contributed by atoms with van der Waals surface area (Å²) in [5.74, 6) is 1.22. The summed E-state index contributed by atoms with van der Waals surface area (Å²) >= 11 is 5.83. The minimum Gasteiger partial charge on any atom is -0.313 e. The molecule has 1 N–H and O–H groups in total. The Labute approximate surface area is 126 Å². The second-order valence-corrected chi connectivity index (χ2v) is 6.51. The molecule has 3 atom stereocenters. The van der Waals surface area contributed by atoms with Crippen LogP contribution in [0.4, 0.5) is 4.39 Å². The molecule has 0 spiro atoms. The quantitative estimate of drug-likeness (QED) is 0.793. The third-order valence-corrected chi connectivity index (χ3v) is 4.79. The third kappa shape index (κ3) is 3.95. The molecule has 1 aromatic carbocycles. The molecular weight excluding hydrogens is 273 g/mol. The first-order valence-electron chi connectivity index (χ1n) is 7.79. The van der Waals surface area contributed by atoms with Gasteiger partial charge in [0.15, 0.2) is 0 Å². The van der Waals surface area contributed by atoms with Gasteiger partial charge in [0, 0.05) is 11.1 Å². The number of halogens is 2. The van der Waals surface area contributed by atoms with Crippen LogP contribution < -0.4 is 5.32 Å². The van der Waals surface area contributed by atoms with E-state index in [9.17, 15) is 4.39 Å². The number of nitrogens with one attached hydrogen (secondary N) is 1. The van der Waals surface area contributed by atoms with Gasteiger partial charge in [-0.1, -0.05) is 44.4 Å². The lowest BCUT2D eigenvalue weighted by molar-refractivity contribution is 0.293. The first kappa shape index (κ1) is 15.8. The van der Waals surface area contributed by atoms with Gasteiger partial charge in [0.2, 0.25) is 0 Å². The number of hydrogen-bond donors (Lipinski definition) is 1. The van der Waals surface area contributed by atoms with Gasteiger partial charge in [-0.05, 0) is 55.3 Å². The normalized spacial score (nSPS) is 24.0. The van der Waals surface area contributed by atoms with Crippen LogP contribution >= 0.6 is 11.6 Å². The summed E-state index contributed by atoms with van der Waals surface area (Å²) in [4.78, 5) is 0. The Kier molecular flexibility index (Phi) is 5.86. The Balaban J connectivity index is 2.10. The zero-order valence-corrected chi connectivity index (χ0v) is 13.2. The number of rotatable bonds is 6. The Morgan fingerprint density at radius 1 is 1.40 bits per heavy atom. The molecule has 1 aliphatic carbocycles. The maximum Gasteiger partial charge on any atom is 0.127 e. The van der Waals surface area contributed by atoms with Crippen molar-refractivity contribution in [3.63, 3.8) is 0 Å². The average molecular weight is 298 g/mol. The second-order valence-electron chi connectivity index (χ2n) is 6.07. The lowest BCUT2D eigenvalue weighted by Crippen LogP contribution is -2.39. The predicted molar refractivity (Wildman–Crippen MR) is 83.7 cm³/mol. The predicted octanol–water partition coefficient (Wildman–Crippen LogP) is 4.83. The van der Waals surface area contributed by atoms with Crippen LogP contribution in [0, 0.1) is 17.7 Å². The Morgan fingerprint density at radius 3 is 2.80 bits per heavy atom. The molecule has 0 amide bonds. The largest absolute Gasteiger partial charge is 0.313 e. The zero-order chi connectivity index (χ0) is 14.5. The highest BCUT2D eigenvalue weighted by atomic mass is 35.5. The highest BCUT2D eigenvalue weighted by Crippen LogP contribution is 2.35. The van der Waals surface area contributed by atoms with E-state index >= 15 is 0 Å². The van der Waals surface area contributed by atoms with Crippen molar-refractivity contribution >= 4 is 11.6 Å². The van der Waals surface area contributed by atoms with Crippen molar-refractivity contribution in [2.75, 3.05) is 6.54 Å². The summed E-state index contributed by atoms with van der Waals surface area (Å²) in [5, 5.41) is 4.10. The summed E-state index contributed by atoms with van der Waals surface area (Å²) in [6, 6.07) is 5.42. The average Bonchev–Trinajstić information content (AvgIpc) is 2.83. The molecule has 3 heteroatoms. The van der Waals surface area contributed by atoms with Gasteiger partial charge >= 0.3 is 0 Å². The van der Waals surface area contributed by atoms with Gasteiger partial charge in [0.1, 0.15) is 5.82 Å². The molecule has 2 rings (SSSR count). The molecule has 0 bridgehead atoms. The van der Waals surface area contributed by atoms with E-state index in [0.717, 1.165) is 30.9 Å². The smallest absolute Gasteiger partial charge is 0.127 e. The van der Waals surface area contributed by atoms with Crippen LogP contribution in [0.5, 0.6) is 0 Å². The molecule has 0 aliphatic heterocycles. The van der Waals surface area contributed by atoms with Gasteiger partial charge < -0.3 is 5.32 Å². The van der Waals surface area contributed by atoms with E-state index in [1.807, 2.05) is 6.07 Å². The van der Waals surface area contributed by atoms with Crippen molar-refractivity contribution in [1.82, 2.24) is 5.32 Å². The van der Waals surface area contributed by atoms with Crippen LogP contribution in [0.2, 0.25) is 5.02 Å². The van der Waals surface area contributed by atoms with E-state index in [1.54, 1.807) is 6.07 Å². The Hall–Kier alpha value is -0.600. The summed E-state index contributed by atoms with van der Waals surface area (Å²) in [6.07, 6.45) is 5.74. The van der Waals surface area contributed by atoms with Crippen LogP contribution in [0.3, 0.4) is 0 Å². The maximum absolute atomic E-state index is 14.0. The lowest BCUT2D eigenvalue weighted by Gasteiger charge is -2.28. The van der Waals surface area contributed by atoms with E-state index in [4.69, 9.17) is 11.6 Å². The highest BCUT2D eigenvalue weighted by Gasteiger charge is 2.30. The fourth-order valence-corrected chi connectivity index (χ4v) is 3.56. The van der Waals surface area contributed by atoms with Crippen molar-refractivity contribution in [3.8, 4) is 0 Å². The first-order chi connectivity index (χ1) is 9.61. The van der Waals surface area contributed by atoms with Gasteiger partial charge in [-0.15, -0.1) is 0 Å². The van der Waals surface area contributed by atoms with Crippen LogP contribution in [-0.2, 0) is 6.42 Å². The van der Waals surface area contributed by atoms with Crippen LogP contribution in [0.15, 0.2) is 18.2 Å². The summed E-state index contributed by atoms with van der Waals surface area (Å²) < 4.78 is 14.0. The van der Waals surface area contributed by atoms with E-state index in [2.05, 4.69) is 19.2 Å². The van der Waals surface area contributed by atoms with Crippen molar-refractivity contribution < 1.29 is 4.39 Å². The maximum atomic E-state index is 14.0. The molecule has 0 saturated heterocycles. The molecule has 1 nitrogen and oxygen atoms in total. The van der Waals surface area contributed by atoms with Gasteiger partial charge in [-0.3, -0.25) is 0 Å². The molecule has 112 valence electrons. The molecule has 0 radical (unpaired) electrons. The van der Waals surface area contributed by atoms with Crippen molar-refractivity contribution in [1.29, 1.82) is 0 Å². The fourth-order valence-electron chi connectivity index (χ4n) is 3.40. The minimum absolute atomic E-state index is 0.175. The molecule has 1 saturated carbocycles. The zero-order valence-electron chi connectivity index (χ0n) is 12.5. The Bertz CT molecular complexity index is 435. The van der Waals surface area contributed by atoms with Gasteiger partial charge in [-0.25, -0.2) is 4.39 Å². The SMILES string of the molecule is CCCNC(Cc1ccc(Cl)cc1F)C1CCCC1C. The van der Waals surface area contributed by atoms with E-state index in [0.29, 0.717) is 17.0 Å². The Morgan fingerprint density at radius 2 is 2.20 bits per heavy atom. The van der Waals surface area contributed by atoms with Crippen LogP contribution in [0.1, 0.15) is 45.1 Å². The van der Waals surface area contributed by atoms with Gasteiger partial charge in [-0.2, -0.15) is 0 Å². The number of benzene rings is 1. The molecule has 1 fully saturated rings. The molecule has 20 heavy (non-hydrogen) atoms. The minimum atomic E-state index is -0.175. The van der Waals surface area contributed by atoms with E-state index in [-0.39, 0.29) is 5.82 Å². The van der Waals surface area contributed by atoms with Crippen LogP contribution in [0.25, 0.3) is 0 Å². The van der Waals surface area contributed by atoms with Crippen molar-refractivity contribution in [2.45, 2.75) is 52.0 Å². The van der Waals surface area contributed by atoms with Crippen molar-refractivity contribution in [2.24, 2.45) is 11.8 Å². The molecule has 1 aliphatic rings. The second kappa shape index (κ2) is 7.42. The third-order valence-electron chi connectivity index (χ3n) is 4.56. The molecule has 3 unspecified atom stereocenters.